The fraction of sp³-hybridized carbons (Fsp3) is 0.556. The SMILES string of the molecule is O=c1[nH]ccnc1NCCC1CC1. The molecule has 0 aromatic carbocycles. The minimum Gasteiger partial charge on any atom is -0.365 e. The zero-order valence-corrected chi connectivity index (χ0v) is 7.42. The monoisotopic (exact) mass is 179 g/mol. The molecule has 1 saturated carbocycles. The van der Waals surface area contributed by atoms with Crippen molar-refractivity contribution in [3.63, 3.8) is 0 Å². The van der Waals surface area contributed by atoms with Crippen molar-refractivity contribution in [1.82, 2.24) is 9.97 Å². The lowest BCUT2D eigenvalue weighted by Gasteiger charge is -2.01. The second kappa shape index (κ2) is 3.60. The Morgan fingerprint density at radius 2 is 2.46 bits per heavy atom. The lowest BCUT2D eigenvalue weighted by molar-refractivity contribution is 0.757. The molecule has 0 spiro atoms. The summed E-state index contributed by atoms with van der Waals surface area (Å²) >= 11 is 0. The third-order valence-corrected chi connectivity index (χ3v) is 2.25. The van der Waals surface area contributed by atoms with E-state index < -0.39 is 0 Å². The molecule has 2 N–H and O–H groups in total. The van der Waals surface area contributed by atoms with Crippen LogP contribution >= 0.6 is 0 Å². The third-order valence-electron chi connectivity index (χ3n) is 2.25. The molecule has 0 radical (unpaired) electrons. The molecule has 2 rings (SSSR count). The third kappa shape index (κ3) is 2.31. The van der Waals surface area contributed by atoms with E-state index >= 15 is 0 Å². The molecule has 0 unspecified atom stereocenters. The Hall–Kier alpha value is -1.32. The van der Waals surface area contributed by atoms with Crippen molar-refractivity contribution < 1.29 is 0 Å². The van der Waals surface area contributed by atoms with Crippen LogP contribution in [0.25, 0.3) is 0 Å². The van der Waals surface area contributed by atoms with Crippen molar-refractivity contribution in [2.24, 2.45) is 5.92 Å². The summed E-state index contributed by atoms with van der Waals surface area (Å²) in [5.74, 6) is 1.32. The van der Waals surface area contributed by atoms with Crippen LogP contribution in [0.15, 0.2) is 17.2 Å². The number of nitrogens with one attached hydrogen (secondary N) is 2. The van der Waals surface area contributed by atoms with Gasteiger partial charge in [0, 0.05) is 18.9 Å². The number of hydrogen-bond donors (Lipinski definition) is 2. The number of aromatic nitrogens is 2. The van der Waals surface area contributed by atoms with Crippen LogP contribution in [0.4, 0.5) is 5.82 Å². The number of nitrogens with zero attached hydrogens (tertiary/aromatic N) is 1. The van der Waals surface area contributed by atoms with Gasteiger partial charge in [-0.2, -0.15) is 0 Å². The van der Waals surface area contributed by atoms with Gasteiger partial charge in [-0.1, -0.05) is 12.8 Å². The van der Waals surface area contributed by atoms with E-state index in [9.17, 15) is 4.79 Å². The van der Waals surface area contributed by atoms with Crippen molar-refractivity contribution in [1.29, 1.82) is 0 Å². The van der Waals surface area contributed by atoms with E-state index in [0.717, 1.165) is 18.9 Å². The molecule has 0 aliphatic heterocycles. The summed E-state index contributed by atoms with van der Waals surface area (Å²) in [5, 5.41) is 3.03. The predicted molar refractivity (Wildman–Crippen MR) is 50.7 cm³/mol. The Kier molecular flexibility index (Phi) is 2.29. The van der Waals surface area contributed by atoms with E-state index in [-0.39, 0.29) is 5.56 Å². The Bertz CT molecular complexity index is 330. The highest BCUT2D eigenvalue weighted by Gasteiger charge is 2.20. The molecule has 1 aliphatic rings. The first-order chi connectivity index (χ1) is 6.36. The molecular weight excluding hydrogens is 166 g/mol. The van der Waals surface area contributed by atoms with Crippen molar-refractivity contribution in [3.8, 4) is 0 Å². The van der Waals surface area contributed by atoms with Crippen LogP contribution in [0.5, 0.6) is 0 Å². The summed E-state index contributed by atoms with van der Waals surface area (Å²) in [4.78, 5) is 17.6. The van der Waals surface area contributed by atoms with Crippen LogP contribution in [0.1, 0.15) is 19.3 Å². The molecule has 1 aromatic rings. The van der Waals surface area contributed by atoms with Gasteiger partial charge in [0.2, 0.25) is 0 Å². The highest BCUT2D eigenvalue weighted by Crippen LogP contribution is 2.31. The molecule has 0 amide bonds. The van der Waals surface area contributed by atoms with Crippen LogP contribution in [-0.2, 0) is 0 Å². The van der Waals surface area contributed by atoms with Crippen LogP contribution in [0.2, 0.25) is 0 Å². The maximum absolute atomic E-state index is 11.1. The molecule has 70 valence electrons. The Labute approximate surface area is 76.4 Å². The maximum Gasteiger partial charge on any atom is 0.290 e. The van der Waals surface area contributed by atoms with Gasteiger partial charge in [0.1, 0.15) is 0 Å². The summed E-state index contributed by atoms with van der Waals surface area (Å²) in [5.41, 5.74) is -0.140. The van der Waals surface area contributed by atoms with Crippen LogP contribution in [0, 0.1) is 5.92 Å². The van der Waals surface area contributed by atoms with Crippen molar-refractivity contribution in [2.75, 3.05) is 11.9 Å². The second-order valence-electron chi connectivity index (χ2n) is 3.43. The standard InChI is InChI=1S/C9H13N3O/c13-9-8(11-5-6-12-9)10-4-3-7-1-2-7/h5-7H,1-4H2,(H,10,11)(H,12,13). The van der Waals surface area contributed by atoms with E-state index in [1.807, 2.05) is 0 Å². The summed E-state index contributed by atoms with van der Waals surface area (Å²) in [7, 11) is 0. The van der Waals surface area contributed by atoms with Gasteiger partial charge in [-0.15, -0.1) is 0 Å². The second-order valence-corrected chi connectivity index (χ2v) is 3.43. The lowest BCUT2D eigenvalue weighted by Crippen LogP contribution is -2.16. The largest absolute Gasteiger partial charge is 0.365 e. The maximum atomic E-state index is 11.1. The number of anilines is 1. The Balaban J connectivity index is 1.85. The summed E-state index contributed by atoms with van der Waals surface area (Å²) in [6.45, 7) is 0.852. The quantitative estimate of drug-likeness (QED) is 0.724. The summed E-state index contributed by atoms with van der Waals surface area (Å²) in [6, 6.07) is 0. The van der Waals surface area contributed by atoms with Gasteiger partial charge in [-0.05, 0) is 12.3 Å². The Morgan fingerprint density at radius 1 is 1.62 bits per heavy atom. The van der Waals surface area contributed by atoms with Crippen LogP contribution in [-0.4, -0.2) is 16.5 Å². The minimum absolute atomic E-state index is 0.140. The molecule has 13 heavy (non-hydrogen) atoms. The highest BCUT2D eigenvalue weighted by molar-refractivity contribution is 5.29. The number of aromatic amines is 1. The van der Waals surface area contributed by atoms with Crippen molar-refractivity contribution in [2.45, 2.75) is 19.3 Å². The number of rotatable bonds is 4. The number of hydrogen-bond acceptors (Lipinski definition) is 3. The fourth-order valence-corrected chi connectivity index (χ4v) is 1.28. The molecule has 0 saturated heterocycles. The lowest BCUT2D eigenvalue weighted by atomic mass is 10.3. The number of H-pyrrole nitrogens is 1. The highest BCUT2D eigenvalue weighted by atomic mass is 16.1. The molecule has 1 fully saturated rings. The van der Waals surface area contributed by atoms with E-state index in [2.05, 4.69) is 15.3 Å². The average Bonchev–Trinajstić information content (AvgIpc) is 2.92. The topological polar surface area (TPSA) is 57.8 Å². The van der Waals surface area contributed by atoms with Gasteiger partial charge < -0.3 is 10.3 Å². The fourth-order valence-electron chi connectivity index (χ4n) is 1.28. The molecule has 1 aromatic heterocycles. The van der Waals surface area contributed by atoms with Gasteiger partial charge >= 0.3 is 0 Å². The molecular formula is C9H13N3O. The first kappa shape index (κ1) is 8.29. The molecule has 1 aliphatic carbocycles. The van der Waals surface area contributed by atoms with E-state index in [4.69, 9.17) is 0 Å². The zero-order valence-electron chi connectivity index (χ0n) is 7.42. The van der Waals surface area contributed by atoms with E-state index in [0.29, 0.717) is 5.82 Å². The predicted octanol–water partition coefficient (Wildman–Crippen LogP) is 0.982. The van der Waals surface area contributed by atoms with E-state index in [1.54, 1.807) is 6.20 Å². The van der Waals surface area contributed by atoms with Gasteiger partial charge in [0.25, 0.3) is 5.56 Å². The van der Waals surface area contributed by atoms with Gasteiger partial charge in [-0.25, -0.2) is 4.98 Å². The molecule has 4 nitrogen and oxygen atoms in total. The summed E-state index contributed by atoms with van der Waals surface area (Å²) < 4.78 is 0. The zero-order chi connectivity index (χ0) is 9.10. The van der Waals surface area contributed by atoms with Crippen LogP contribution in [0.3, 0.4) is 0 Å². The molecule has 0 bridgehead atoms. The van der Waals surface area contributed by atoms with E-state index in [1.165, 1.54) is 19.0 Å². The normalized spacial score (nSPS) is 15.7. The molecule has 4 heteroatoms. The minimum atomic E-state index is -0.140. The van der Waals surface area contributed by atoms with Gasteiger partial charge in [0.15, 0.2) is 5.82 Å². The summed E-state index contributed by atoms with van der Waals surface area (Å²) in [6.07, 6.45) is 6.96. The van der Waals surface area contributed by atoms with Crippen molar-refractivity contribution in [3.05, 3.63) is 22.7 Å². The average molecular weight is 179 g/mol. The first-order valence-corrected chi connectivity index (χ1v) is 4.64. The molecule has 0 atom stereocenters. The smallest absolute Gasteiger partial charge is 0.290 e. The Morgan fingerprint density at radius 3 is 3.15 bits per heavy atom. The first-order valence-electron chi connectivity index (χ1n) is 4.64. The van der Waals surface area contributed by atoms with Crippen LogP contribution < -0.4 is 10.9 Å². The van der Waals surface area contributed by atoms with Crippen molar-refractivity contribution >= 4 is 5.82 Å². The van der Waals surface area contributed by atoms with Gasteiger partial charge in [-0.3, -0.25) is 4.79 Å². The van der Waals surface area contributed by atoms with Gasteiger partial charge in [0.05, 0.1) is 0 Å². The molecule has 1 heterocycles.